The maximum absolute atomic E-state index is 10.8. The largest absolute Gasteiger partial charge is 0.455 e. The second kappa shape index (κ2) is 15.5. The average Bonchev–Trinajstić information content (AvgIpc) is 4.20. The van der Waals surface area contributed by atoms with Gasteiger partial charge in [0.25, 0.3) is 0 Å². The van der Waals surface area contributed by atoms with Gasteiger partial charge in [-0.2, -0.15) is 5.26 Å². The minimum atomic E-state index is 0.416. The molecule has 10 aromatic carbocycles. The first-order chi connectivity index (χ1) is 35.7. The highest BCUT2D eigenvalue weighted by atomic mass is 16.3. The van der Waals surface area contributed by atoms with Gasteiger partial charge < -0.3 is 18.1 Å². The highest BCUT2D eigenvalue weighted by Crippen LogP contribution is 2.47. The Balaban J connectivity index is 1.07. The molecule has 7 nitrogen and oxygen atoms in total. The van der Waals surface area contributed by atoms with Gasteiger partial charge in [0.2, 0.25) is 0 Å². The lowest BCUT2D eigenvalue weighted by atomic mass is 9.99. The Morgan fingerprint density at radius 3 is 1.50 bits per heavy atom. The summed E-state index contributed by atoms with van der Waals surface area (Å²) in [6, 6.07) is 83.1. The Kier molecular flexibility index (Phi) is 8.59. The molecule has 334 valence electrons. The standard InChI is InChI=1S/C65H38N6O/c66-39-50-62(40-18-4-1-5-19-40)67-65(68-63(50)41-20-6-2-7-21-41)48-33-35-57(61-47-27-13-17-31-58(47)72-64(48)61)71-54-34-32-43(70-51-28-14-10-24-44(51)45-25-11-15-29-52(45)70)38-49(54)60-56(71)37-36-55-59(60)46-26-12-16-30-53(46)69(55)42-22-8-3-9-23-42/h1-38H. The van der Waals surface area contributed by atoms with E-state index in [1.807, 2.05) is 72.8 Å². The van der Waals surface area contributed by atoms with E-state index in [1.54, 1.807) is 0 Å². The van der Waals surface area contributed by atoms with Crippen LogP contribution in [0.4, 0.5) is 0 Å². The number of furan rings is 1. The molecule has 7 heteroatoms. The zero-order valence-corrected chi connectivity index (χ0v) is 38.5. The van der Waals surface area contributed by atoms with Crippen molar-refractivity contribution in [1.29, 1.82) is 5.26 Å². The van der Waals surface area contributed by atoms with Gasteiger partial charge >= 0.3 is 0 Å². The van der Waals surface area contributed by atoms with Crippen LogP contribution in [0.15, 0.2) is 235 Å². The van der Waals surface area contributed by atoms with Crippen molar-refractivity contribution in [2.75, 3.05) is 0 Å². The highest BCUT2D eigenvalue weighted by Gasteiger charge is 2.27. The molecule has 0 aliphatic rings. The Bertz CT molecular complexity index is 4630. The second-order valence-electron chi connectivity index (χ2n) is 18.3. The molecule has 0 saturated carbocycles. The molecule has 0 bridgehead atoms. The quantitative estimate of drug-likeness (QED) is 0.166. The van der Waals surface area contributed by atoms with Crippen molar-refractivity contribution in [3.8, 4) is 57.0 Å². The van der Waals surface area contributed by atoms with E-state index in [0.29, 0.717) is 28.4 Å². The molecule has 0 aliphatic heterocycles. The molecule has 0 amide bonds. The lowest BCUT2D eigenvalue weighted by Gasteiger charge is -2.14. The number of hydrogen-bond acceptors (Lipinski definition) is 4. The van der Waals surface area contributed by atoms with Gasteiger partial charge in [-0.05, 0) is 78.9 Å². The molecule has 5 heterocycles. The van der Waals surface area contributed by atoms with Gasteiger partial charge in [0, 0.05) is 60.2 Å². The first-order valence-corrected chi connectivity index (χ1v) is 24.1. The van der Waals surface area contributed by atoms with Crippen LogP contribution < -0.4 is 0 Å². The van der Waals surface area contributed by atoms with E-state index in [4.69, 9.17) is 14.4 Å². The highest BCUT2D eigenvalue weighted by molar-refractivity contribution is 6.30. The molecule has 0 saturated heterocycles. The van der Waals surface area contributed by atoms with E-state index < -0.39 is 0 Å². The minimum absolute atomic E-state index is 0.416. The average molecular weight is 919 g/mol. The normalized spacial score (nSPS) is 11.9. The zero-order valence-electron chi connectivity index (χ0n) is 38.5. The fourth-order valence-corrected chi connectivity index (χ4v) is 11.5. The summed E-state index contributed by atoms with van der Waals surface area (Å²) in [6.45, 7) is 0. The summed E-state index contributed by atoms with van der Waals surface area (Å²) in [5.74, 6) is 0.468. The van der Waals surface area contributed by atoms with E-state index in [0.717, 1.165) is 94.0 Å². The van der Waals surface area contributed by atoms with Crippen LogP contribution >= 0.6 is 0 Å². The number of nitrogens with zero attached hydrogens (tertiary/aromatic N) is 6. The van der Waals surface area contributed by atoms with Crippen LogP contribution in [0.5, 0.6) is 0 Å². The smallest absolute Gasteiger partial charge is 0.164 e. The van der Waals surface area contributed by atoms with Crippen molar-refractivity contribution in [2.24, 2.45) is 0 Å². The number of rotatable bonds is 6. The third-order valence-corrected chi connectivity index (χ3v) is 14.5. The third-order valence-electron chi connectivity index (χ3n) is 14.5. The topological polar surface area (TPSA) is 77.5 Å². The molecule has 0 aliphatic carbocycles. The molecule has 5 aromatic heterocycles. The number of aromatic nitrogens is 5. The van der Waals surface area contributed by atoms with Crippen molar-refractivity contribution in [3.63, 3.8) is 0 Å². The summed E-state index contributed by atoms with van der Waals surface area (Å²) < 4.78 is 14.2. The molecule has 0 unspecified atom stereocenters. The summed E-state index contributed by atoms with van der Waals surface area (Å²) in [7, 11) is 0. The van der Waals surface area contributed by atoms with Crippen molar-refractivity contribution in [3.05, 3.63) is 236 Å². The van der Waals surface area contributed by atoms with Crippen LogP contribution in [0.2, 0.25) is 0 Å². The van der Waals surface area contributed by atoms with E-state index in [1.165, 1.54) is 21.5 Å². The molecular formula is C65H38N6O. The van der Waals surface area contributed by atoms with Crippen LogP contribution in [0, 0.1) is 11.3 Å². The Hall–Kier alpha value is -10.0. The number of benzene rings is 10. The summed E-state index contributed by atoms with van der Waals surface area (Å²) in [6.07, 6.45) is 0. The number of hydrogen-bond donors (Lipinski definition) is 0. The second-order valence-corrected chi connectivity index (χ2v) is 18.3. The van der Waals surface area contributed by atoms with E-state index >= 15 is 0 Å². The van der Waals surface area contributed by atoms with Crippen LogP contribution in [-0.2, 0) is 0 Å². The van der Waals surface area contributed by atoms with E-state index in [9.17, 15) is 5.26 Å². The lowest BCUT2D eigenvalue weighted by Crippen LogP contribution is -2.02. The molecule has 0 atom stereocenters. The molecule has 72 heavy (non-hydrogen) atoms. The SMILES string of the molecule is N#Cc1c(-c2ccccc2)nc(-c2ccc(-n3c4ccc(-n5c6ccccc6c6ccccc65)cc4c4c5c6ccccc6n(-c6ccccc6)c5ccc43)c3c2oc2ccccc23)nc1-c1ccccc1. The van der Waals surface area contributed by atoms with Gasteiger partial charge in [0.15, 0.2) is 5.82 Å². The fraction of sp³-hybridized carbons (Fsp3) is 0. The molecular weight excluding hydrogens is 881 g/mol. The first kappa shape index (κ1) is 39.9. The minimum Gasteiger partial charge on any atom is -0.455 e. The molecule has 0 fully saturated rings. The predicted octanol–water partition coefficient (Wildman–Crippen LogP) is 16.5. The van der Waals surface area contributed by atoms with Gasteiger partial charge in [0.05, 0.1) is 61.1 Å². The molecule has 0 N–H and O–H groups in total. The van der Waals surface area contributed by atoms with Crippen LogP contribution in [0.1, 0.15) is 5.56 Å². The Labute approximate surface area is 411 Å². The molecule has 0 spiro atoms. The van der Waals surface area contributed by atoms with Gasteiger partial charge in [-0.3, -0.25) is 0 Å². The summed E-state index contributed by atoms with van der Waals surface area (Å²) >= 11 is 0. The molecule has 15 aromatic rings. The van der Waals surface area contributed by atoms with Gasteiger partial charge in [-0.25, -0.2) is 9.97 Å². The summed E-state index contributed by atoms with van der Waals surface area (Å²) in [5.41, 5.74) is 15.2. The summed E-state index contributed by atoms with van der Waals surface area (Å²) in [4.78, 5) is 10.5. The van der Waals surface area contributed by atoms with E-state index in [-0.39, 0.29) is 0 Å². The van der Waals surface area contributed by atoms with Gasteiger partial charge in [-0.1, -0.05) is 152 Å². The van der Waals surface area contributed by atoms with Gasteiger partial charge in [-0.15, -0.1) is 0 Å². The third kappa shape index (κ3) is 5.72. The Morgan fingerprint density at radius 1 is 0.375 bits per heavy atom. The van der Waals surface area contributed by atoms with Crippen molar-refractivity contribution >= 4 is 87.4 Å². The molecule has 15 rings (SSSR count). The zero-order chi connectivity index (χ0) is 47.4. The number of nitriles is 1. The van der Waals surface area contributed by atoms with Crippen LogP contribution in [0.25, 0.3) is 138 Å². The van der Waals surface area contributed by atoms with Crippen LogP contribution in [-0.4, -0.2) is 23.7 Å². The Morgan fingerprint density at radius 2 is 0.861 bits per heavy atom. The van der Waals surface area contributed by atoms with Crippen LogP contribution in [0.3, 0.4) is 0 Å². The van der Waals surface area contributed by atoms with Crippen molar-refractivity contribution < 1.29 is 4.42 Å². The maximum Gasteiger partial charge on any atom is 0.164 e. The monoisotopic (exact) mass is 918 g/mol. The first-order valence-electron chi connectivity index (χ1n) is 24.1. The van der Waals surface area contributed by atoms with Crippen molar-refractivity contribution in [2.45, 2.75) is 0 Å². The predicted molar refractivity (Wildman–Crippen MR) is 293 cm³/mol. The molecule has 0 radical (unpaired) electrons. The number of para-hydroxylation sites is 5. The summed E-state index contributed by atoms with van der Waals surface area (Å²) in [5, 5.41) is 19.8. The van der Waals surface area contributed by atoms with Gasteiger partial charge in [0.1, 0.15) is 22.8 Å². The lowest BCUT2D eigenvalue weighted by molar-refractivity contribution is 0.669. The maximum atomic E-state index is 10.8. The van der Waals surface area contributed by atoms with Crippen molar-refractivity contribution in [1.82, 2.24) is 23.7 Å². The van der Waals surface area contributed by atoms with E-state index in [2.05, 4.69) is 177 Å². The number of fused-ring (bicyclic) bond motifs is 13. The fourth-order valence-electron chi connectivity index (χ4n) is 11.5.